The number of carbonyl (C=O) groups is 2. The van der Waals surface area contributed by atoms with Gasteiger partial charge in [0.25, 0.3) is 5.69 Å². The fraction of sp³-hybridized carbons (Fsp3) is 0.385. The maximum atomic E-state index is 11.8. The molecule has 1 rings (SSSR count). The van der Waals surface area contributed by atoms with Crippen LogP contribution in [0.15, 0.2) is 24.3 Å². The number of benzene rings is 1. The van der Waals surface area contributed by atoms with Crippen molar-refractivity contribution in [3.8, 4) is 0 Å². The second-order valence-corrected chi connectivity index (χ2v) is 4.31. The number of non-ortho nitro benzene ring substituents is 1. The average Bonchev–Trinajstić information content (AvgIpc) is 2.46. The van der Waals surface area contributed by atoms with Gasteiger partial charge in [0.15, 0.2) is 6.04 Å². The summed E-state index contributed by atoms with van der Waals surface area (Å²) in [6.45, 7) is 3.36. The summed E-state index contributed by atoms with van der Waals surface area (Å²) < 4.78 is 4.65. The highest BCUT2D eigenvalue weighted by Gasteiger charge is 2.25. The summed E-state index contributed by atoms with van der Waals surface area (Å²) in [6, 6.07) is 3.89. The van der Waals surface area contributed by atoms with Gasteiger partial charge in [-0.1, -0.05) is 12.1 Å². The smallest absolute Gasteiger partial charge is 0.332 e. The normalized spacial score (nSPS) is 13.1. The molecule has 1 aromatic rings. The van der Waals surface area contributed by atoms with Gasteiger partial charge in [-0.2, -0.15) is 0 Å². The highest BCUT2D eigenvalue weighted by atomic mass is 16.6. The Kier molecular flexibility index (Phi) is 5.79. The van der Waals surface area contributed by atoms with Gasteiger partial charge < -0.3 is 15.8 Å². The van der Waals surface area contributed by atoms with E-state index in [-0.39, 0.29) is 12.3 Å². The third-order valence-corrected chi connectivity index (χ3v) is 2.76. The van der Waals surface area contributed by atoms with Gasteiger partial charge in [0.1, 0.15) is 0 Å². The first-order valence-electron chi connectivity index (χ1n) is 6.33. The predicted molar refractivity (Wildman–Crippen MR) is 74.3 cm³/mol. The number of nitrogens with two attached hydrogens (primary N) is 1. The maximum absolute atomic E-state index is 11.8. The van der Waals surface area contributed by atoms with Gasteiger partial charge in [-0.3, -0.25) is 14.9 Å². The van der Waals surface area contributed by atoms with E-state index in [4.69, 9.17) is 5.73 Å². The molecule has 0 fully saturated rings. The molecule has 0 aromatic heterocycles. The molecule has 0 bridgehead atoms. The van der Waals surface area contributed by atoms with E-state index in [2.05, 4.69) is 10.1 Å². The fourth-order valence-electron chi connectivity index (χ4n) is 1.63. The van der Waals surface area contributed by atoms with Crippen LogP contribution in [0.1, 0.15) is 25.5 Å². The van der Waals surface area contributed by atoms with Crippen molar-refractivity contribution in [3.05, 3.63) is 39.9 Å². The number of hydrogen-bond acceptors (Lipinski definition) is 6. The van der Waals surface area contributed by atoms with Gasteiger partial charge >= 0.3 is 5.97 Å². The van der Waals surface area contributed by atoms with Crippen LogP contribution in [0.3, 0.4) is 0 Å². The zero-order valence-electron chi connectivity index (χ0n) is 11.7. The minimum absolute atomic E-state index is 0.0803. The zero-order valence-corrected chi connectivity index (χ0v) is 11.7. The number of nitrogens with one attached hydrogen (secondary N) is 1. The van der Waals surface area contributed by atoms with Crippen molar-refractivity contribution in [2.75, 3.05) is 6.61 Å². The molecule has 0 aliphatic rings. The number of hydrogen-bond donors (Lipinski definition) is 2. The number of ether oxygens (including phenoxy) is 1. The van der Waals surface area contributed by atoms with E-state index < -0.39 is 28.9 Å². The molecule has 1 amide bonds. The number of nitro groups is 1. The van der Waals surface area contributed by atoms with Crippen LogP contribution in [0.2, 0.25) is 0 Å². The molecule has 0 radical (unpaired) electrons. The van der Waals surface area contributed by atoms with Gasteiger partial charge in [0, 0.05) is 12.1 Å². The van der Waals surface area contributed by atoms with Crippen LogP contribution in [0, 0.1) is 10.1 Å². The number of esters is 1. The molecule has 0 spiro atoms. The summed E-state index contributed by atoms with van der Waals surface area (Å²) in [7, 11) is 0. The first-order chi connectivity index (χ1) is 9.86. The Morgan fingerprint density at radius 1 is 1.48 bits per heavy atom. The predicted octanol–water partition coefficient (Wildman–Crippen LogP) is 0.662. The molecule has 2 unspecified atom stereocenters. The van der Waals surface area contributed by atoms with E-state index in [1.807, 2.05) is 0 Å². The Hall–Kier alpha value is -2.48. The lowest BCUT2D eigenvalue weighted by Crippen LogP contribution is -2.47. The Morgan fingerprint density at radius 3 is 2.71 bits per heavy atom. The summed E-state index contributed by atoms with van der Waals surface area (Å²) in [6.07, 6.45) is 0. The molecule has 2 atom stereocenters. The molecule has 8 nitrogen and oxygen atoms in total. The van der Waals surface area contributed by atoms with Gasteiger partial charge in [0.2, 0.25) is 5.91 Å². The topological polar surface area (TPSA) is 125 Å². The van der Waals surface area contributed by atoms with Crippen LogP contribution < -0.4 is 11.1 Å². The molecule has 3 N–H and O–H groups in total. The van der Waals surface area contributed by atoms with Crippen molar-refractivity contribution in [3.63, 3.8) is 0 Å². The lowest BCUT2D eigenvalue weighted by molar-refractivity contribution is -0.384. The highest BCUT2D eigenvalue weighted by Crippen LogP contribution is 2.18. The Balaban J connectivity index is 2.74. The lowest BCUT2D eigenvalue weighted by Gasteiger charge is -2.17. The standard InChI is InChI=1S/C13H17N3O5/c1-3-21-13(18)11(14)12(17)15-8(2)9-5-4-6-10(7-9)16(19)20/h4-8,11H,3,14H2,1-2H3,(H,15,17). The van der Waals surface area contributed by atoms with Crippen LogP contribution >= 0.6 is 0 Å². The van der Waals surface area contributed by atoms with Crippen LogP contribution in [0.4, 0.5) is 5.69 Å². The van der Waals surface area contributed by atoms with Crippen LogP contribution in [0.25, 0.3) is 0 Å². The fourth-order valence-corrected chi connectivity index (χ4v) is 1.63. The lowest BCUT2D eigenvalue weighted by atomic mass is 10.1. The summed E-state index contributed by atoms with van der Waals surface area (Å²) in [5.74, 6) is -1.52. The van der Waals surface area contributed by atoms with Crippen molar-refractivity contribution in [2.45, 2.75) is 25.9 Å². The summed E-state index contributed by atoms with van der Waals surface area (Å²) in [5, 5.41) is 13.2. The second kappa shape index (κ2) is 7.34. The molecule has 1 aromatic carbocycles. The molecule has 0 aliphatic carbocycles. The van der Waals surface area contributed by atoms with E-state index in [1.165, 1.54) is 18.2 Å². The molecule has 0 heterocycles. The molecule has 0 saturated carbocycles. The van der Waals surface area contributed by atoms with Crippen molar-refractivity contribution >= 4 is 17.6 Å². The first-order valence-corrected chi connectivity index (χ1v) is 6.33. The van der Waals surface area contributed by atoms with Crippen molar-refractivity contribution < 1.29 is 19.2 Å². The van der Waals surface area contributed by atoms with Gasteiger partial charge in [-0.25, -0.2) is 4.79 Å². The number of carbonyl (C=O) groups excluding carboxylic acids is 2. The second-order valence-electron chi connectivity index (χ2n) is 4.31. The third-order valence-electron chi connectivity index (χ3n) is 2.76. The number of rotatable bonds is 6. The summed E-state index contributed by atoms with van der Waals surface area (Å²) in [5.41, 5.74) is 5.91. The van der Waals surface area contributed by atoms with Gasteiger partial charge in [-0.05, 0) is 19.4 Å². The number of amides is 1. The molecular formula is C13H17N3O5. The molecular weight excluding hydrogens is 278 g/mol. The average molecular weight is 295 g/mol. The Morgan fingerprint density at radius 2 is 2.14 bits per heavy atom. The van der Waals surface area contributed by atoms with Crippen molar-refractivity contribution in [2.24, 2.45) is 5.73 Å². The van der Waals surface area contributed by atoms with Crippen LogP contribution in [0.5, 0.6) is 0 Å². The SMILES string of the molecule is CCOC(=O)C(N)C(=O)NC(C)c1cccc([N+](=O)[O-])c1. The van der Waals surface area contributed by atoms with Gasteiger partial charge in [-0.15, -0.1) is 0 Å². The van der Waals surface area contributed by atoms with E-state index in [0.717, 1.165) is 0 Å². The maximum Gasteiger partial charge on any atom is 0.332 e. The molecule has 0 aliphatic heterocycles. The summed E-state index contributed by atoms with van der Waals surface area (Å²) >= 11 is 0. The highest BCUT2D eigenvalue weighted by molar-refractivity contribution is 6.01. The largest absolute Gasteiger partial charge is 0.464 e. The molecule has 0 saturated heterocycles. The zero-order chi connectivity index (χ0) is 16.0. The molecule has 21 heavy (non-hydrogen) atoms. The van der Waals surface area contributed by atoms with Crippen molar-refractivity contribution in [1.29, 1.82) is 0 Å². The van der Waals surface area contributed by atoms with E-state index in [1.54, 1.807) is 19.9 Å². The number of nitrogens with zero attached hydrogens (tertiary/aromatic N) is 1. The van der Waals surface area contributed by atoms with Crippen molar-refractivity contribution in [1.82, 2.24) is 5.32 Å². The quantitative estimate of drug-likeness (QED) is 0.344. The summed E-state index contributed by atoms with van der Waals surface area (Å²) in [4.78, 5) is 33.3. The monoisotopic (exact) mass is 295 g/mol. The Labute approximate surface area is 121 Å². The van der Waals surface area contributed by atoms with Gasteiger partial charge in [0.05, 0.1) is 17.6 Å². The van der Waals surface area contributed by atoms with E-state index in [9.17, 15) is 19.7 Å². The minimum atomic E-state index is -1.42. The van der Waals surface area contributed by atoms with Crippen LogP contribution in [-0.4, -0.2) is 29.4 Å². The molecule has 8 heteroatoms. The van der Waals surface area contributed by atoms with E-state index >= 15 is 0 Å². The third kappa shape index (κ3) is 4.53. The Bertz CT molecular complexity index is 546. The first kappa shape index (κ1) is 16.6. The number of nitro benzene ring substituents is 1. The van der Waals surface area contributed by atoms with E-state index in [0.29, 0.717) is 5.56 Å². The van der Waals surface area contributed by atoms with Crippen LogP contribution in [-0.2, 0) is 14.3 Å². The minimum Gasteiger partial charge on any atom is -0.464 e. The molecule has 114 valence electrons.